The van der Waals surface area contributed by atoms with Crippen molar-refractivity contribution >= 4 is 43.7 Å². The predicted molar refractivity (Wildman–Crippen MR) is 114 cm³/mol. The monoisotopic (exact) mass is 512 g/mol. The Labute approximate surface area is 181 Å². The summed E-state index contributed by atoms with van der Waals surface area (Å²) in [5.41, 5.74) is 6.08. The van der Waals surface area contributed by atoms with E-state index in [1.165, 1.54) is 0 Å². The number of hydrazine groups is 1. The smallest absolute Gasteiger partial charge is 0.276 e. The molecule has 0 atom stereocenters. The second-order valence-electron chi connectivity index (χ2n) is 6.55. The molecule has 0 heterocycles. The molecule has 0 saturated carbocycles. The van der Waals surface area contributed by atoms with Gasteiger partial charge in [-0.1, -0.05) is 29.8 Å². The Bertz CT molecular complexity index is 856. The summed E-state index contributed by atoms with van der Waals surface area (Å²) in [5.74, 6) is 0.720. The molecule has 2 rings (SSSR count). The quantitative estimate of drug-likeness (QED) is 0.538. The second kappa shape index (κ2) is 10.5. The van der Waals surface area contributed by atoms with E-state index in [1.807, 2.05) is 19.1 Å². The van der Waals surface area contributed by atoms with E-state index in [0.717, 1.165) is 10.0 Å². The van der Waals surface area contributed by atoms with Gasteiger partial charge in [0.25, 0.3) is 11.8 Å². The van der Waals surface area contributed by atoms with Gasteiger partial charge in [-0.2, -0.15) is 0 Å². The van der Waals surface area contributed by atoms with Gasteiger partial charge in [0, 0.05) is 10.0 Å². The maximum atomic E-state index is 12.2. The van der Waals surface area contributed by atoms with Crippen LogP contribution in [0.15, 0.2) is 45.3 Å². The van der Waals surface area contributed by atoms with E-state index in [0.29, 0.717) is 34.1 Å². The van der Waals surface area contributed by atoms with Gasteiger partial charge >= 0.3 is 0 Å². The van der Waals surface area contributed by atoms with Gasteiger partial charge in [-0.3, -0.25) is 20.4 Å². The van der Waals surface area contributed by atoms with Crippen LogP contribution in [0.4, 0.5) is 0 Å². The van der Waals surface area contributed by atoms with Crippen molar-refractivity contribution in [3.05, 3.63) is 56.5 Å². The van der Waals surface area contributed by atoms with E-state index in [4.69, 9.17) is 9.47 Å². The third kappa shape index (κ3) is 6.83. The molecule has 8 heteroatoms. The first-order valence-corrected chi connectivity index (χ1v) is 10.3. The van der Waals surface area contributed by atoms with Crippen molar-refractivity contribution in [1.82, 2.24) is 10.9 Å². The van der Waals surface area contributed by atoms with Crippen molar-refractivity contribution in [2.45, 2.75) is 20.8 Å². The number of rotatable bonds is 7. The van der Waals surface area contributed by atoms with Crippen LogP contribution in [-0.4, -0.2) is 25.0 Å². The Hall–Kier alpha value is -2.06. The first-order chi connectivity index (χ1) is 13.3. The lowest BCUT2D eigenvalue weighted by atomic mass is 10.2. The fourth-order valence-electron chi connectivity index (χ4n) is 2.11. The summed E-state index contributed by atoms with van der Waals surface area (Å²) in [5, 5.41) is 0. The molecular formula is C20H22Br2N2O4. The Balaban J connectivity index is 1.83. The summed E-state index contributed by atoms with van der Waals surface area (Å²) in [4.78, 5) is 24.1. The molecule has 0 saturated heterocycles. The molecule has 0 radical (unpaired) electrons. The summed E-state index contributed by atoms with van der Waals surface area (Å²) in [6.45, 7) is 6.40. The van der Waals surface area contributed by atoms with Gasteiger partial charge < -0.3 is 9.47 Å². The minimum absolute atomic E-state index is 0.215. The van der Waals surface area contributed by atoms with Crippen LogP contribution in [-0.2, 0) is 4.79 Å². The van der Waals surface area contributed by atoms with Gasteiger partial charge in [0.15, 0.2) is 6.61 Å². The second-order valence-corrected chi connectivity index (χ2v) is 8.26. The lowest BCUT2D eigenvalue weighted by Gasteiger charge is -2.12. The fourth-order valence-corrected chi connectivity index (χ4v) is 2.85. The number of halogens is 2. The van der Waals surface area contributed by atoms with Crippen LogP contribution in [0.3, 0.4) is 0 Å². The number of ether oxygens (including phenoxy) is 2. The van der Waals surface area contributed by atoms with Crippen LogP contribution in [0.2, 0.25) is 0 Å². The van der Waals surface area contributed by atoms with Crippen molar-refractivity contribution < 1.29 is 19.1 Å². The normalized spacial score (nSPS) is 10.5. The standard InChI is InChI=1S/C20H22Br2N2O4/c1-12(2)10-28-18-7-4-14(9-17(18)22)20(26)24-23-19(25)11-27-15-5-6-16(21)13(3)8-15/h4-9,12H,10-11H2,1-3H3,(H,23,25)(H,24,26). The molecule has 2 N–H and O–H groups in total. The van der Waals surface area contributed by atoms with E-state index >= 15 is 0 Å². The average molecular weight is 514 g/mol. The van der Waals surface area contributed by atoms with Crippen LogP contribution < -0.4 is 20.3 Å². The predicted octanol–water partition coefficient (Wildman–Crippen LogP) is 4.39. The van der Waals surface area contributed by atoms with E-state index in [1.54, 1.807) is 24.3 Å². The van der Waals surface area contributed by atoms with Crippen LogP contribution in [0, 0.1) is 12.8 Å². The average Bonchev–Trinajstić information content (AvgIpc) is 2.65. The minimum atomic E-state index is -0.468. The molecule has 0 aliphatic rings. The highest BCUT2D eigenvalue weighted by atomic mass is 79.9. The lowest BCUT2D eigenvalue weighted by molar-refractivity contribution is -0.123. The van der Waals surface area contributed by atoms with E-state index in [-0.39, 0.29) is 6.61 Å². The van der Waals surface area contributed by atoms with E-state index < -0.39 is 11.8 Å². The summed E-state index contributed by atoms with van der Waals surface area (Å²) in [7, 11) is 0. The molecule has 6 nitrogen and oxygen atoms in total. The maximum absolute atomic E-state index is 12.2. The van der Waals surface area contributed by atoms with Crippen LogP contribution in [0.25, 0.3) is 0 Å². The van der Waals surface area contributed by atoms with Crippen LogP contribution in [0.5, 0.6) is 11.5 Å². The van der Waals surface area contributed by atoms with Crippen molar-refractivity contribution in [3.63, 3.8) is 0 Å². The molecule has 2 amide bonds. The molecule has 0 unspecified atom stereocenters. The van der Waals surface area contributed by atoms with Gasteiger partial charge in [-0.25, -0.2) is 0 Å². The minimum Gasteiger partial charge on any atom is -0.492 e. The molecule has 0 aromatic heterocycles. The first-order valence-electron chi connectivity index (χ1n) is 8.66. The van der Waals surface area contributed by atoms with Gasteiger partial charge in [-0.15, -0.1) is 0 Å². The maximum Gasteiger partial charge on any atom is 0.276 e. The zero-order chi connectivity index (χ0) is 20.7. The molecule has 2 aromatic carbocycles. The summed E-state index contributed by atoms with van der Waals surface area (Å²) < 4.78 is 12.7. The number of aryl methyl sites for hydroxylation is 1. The third-order valence-corrected chi connectivity index (χ3v) is 5.09. The molecular weight excluding hydrogens is 492 g/mol. The highest BCUT2D eigenvalue weighted by Gasteiger charge is 2.11. The Morgan fingerprint density at radius 3 is 2.39 bits per heavy atom. The van der Waals surface area contributed by atoms with Gasteiger partial charge in [-0.05, 0) is 70.7 Å². The summed E-state index contributed by atoms with van der Waals surface area (Å²) >= 11 is 6.79. The highest BCUT2D eigenvalue weighted by molar-refractivity contribution is 9.10. The summed E-state index contributed by atoms with van der Waals surface area (Å²) in [6, 6.07) is 10.4. The van der Waals surface area contributed by atoms with Crippen molar-refractivity contribution in [1.29, 1.82) is 0 Å². The number of benzene rings is 2. The Morgan fingerprint density at radius 1 is 1.00 bits per heavy atom. The first kappa shape index (κ1) is 22.2. The van der Waals surface area contributed by atoms with Crippen molar-refractivity contribution in [3.8, 4) is 11.5 Å². The number of nitrogens with one attached hydrogen (secondary N) is 2. The number of carbonyl (C=O) groups excluding carboxylic acids is 2. The number of carbonyl (C=O) groups is 2. The molecule has 0 fully saturated rings. The summed E-state index contributed by atoms with van der Waals surface area (Å²) in [6.07, 6.45) is 0. The van der Waals surface area contributed by atoms with Gasteiger partial charge in [0.1, 0.15) is 11.5 Å². The zero-order valence-corrected chi connectivity index (χ0v) is 19.0. The Morgan fingerprint density at radius 2 is 1.75 bits per heavy atom. The van der Waals surface area contributed by atoms with Crippen molar-refractivity contribution in [2.75, 3.05) is 13.2 Å². The zero-order valence-electron chi connectivity index (χ0n) is 15.8. The number of hydrogen-bond acceptors (Lipinski definition) is 4. The van der Waals surface area contributed by atoms with Crippen molar-refractivity contribution in [2.24, 2.45) is 5.92 Å². The molecule has 28 heavy (non-hydrogen) atoms. The molecule has 0 bridgehead atoms. The largest absolute Gasteiger partial charge is 0.492 e. The number of hydrogen-bond donors (Lipinski definition) is 2. The number of amides is 2. The molecule has 0 aliphatic carbocycles. The lowest BCUT2D eigenvalue weighted by Crippen LogP contribution is -2.43. The Kier molecular flexibility index (Phi) is 8.32. The SMILES string of the molecule is Cc1cc(OCC(=O)NNC(=O)c2ccc(OCC(C)C)c(Br)c2)ccc1Br. The molecule has 0 spiro atoms. The van der Waals surface area contributed by atoms with Crippen LogP contribution in [0.1, 0.15) is 29.8 Å². The topological polar surface area (TPSA) is 76.7 Å². The van der Waals surface area contributed by atoms with Gasteiger partial charge in [0.2, 0.25) is 0 Å². The fraction of sp³-hybridized carbons (Fsp3) is 0.300. The molecule has 2 aromatic rings. The highest BCUT2D eigenvalue weighted by Crippen LogP contribution is 2.26. The third-order valence-electron chi connectivity index (χ3n) is 3.58. The van der Waals surface area contributed by atoms with E-state index in [9.17, 15) is 9.59 Å². The van der Waals surface area contributed by atoms with Crippen LogP contribution >= 0.6 is 31.9 Å². The van der Waals surface area contributed by atoms with Gasteiger partial charge in [0.05, 0.1) is 11.1 Å². The van der Waals surface area contributed by atoms with E-state index in [2.05, 4.69) is 56.6 Å². The molecule has 150 valence electrons. The molecule has 0 aliphatic heterocycles.